The van der Waals surface area contributed by atoms with Crippen LogP contribution in [0.15, 0.2) is 41.8 Å². The second-order valence-electron chi connectivity index (χ2n) is 8.71. The third-order valence-corrected chi connectivity index (χ3v) is 7.50. The van der Waals surface area contributed by atoms with Gasteiger partial charge in [-0.15, -0.1) is 11.3 Å². The van der Waals surface area contributed by atoms with Crippen molar-refractivity contribution in [2.75, 3.05) is 12.0 Å². The van der Waals surface area contributed by atoms with Crippen LogP contribution in [0.2, 0.25) is 0 Å². The van der Waals surface area contributed by atoms with Gasteiger partial charge in [0.05, 0.1) is 23.9 Å². The number of carbonyl (C=O) groups excluding carboxylic acids is 2. The highest BCUT2D eigenvalue weighted by molar-refractivity contribution is 7.17. The number of aromatic nitrogens is 1. The van der Waals surface area contributed by atoms with Crippen molar-refractivity contribution < 1.29 is 14.3 Å². The number of carbonyl (C=O) groups is 2. The summed E-state index contributed by atoms with van der Waals surface area (Å²) in [7, 11) is 1.60. The number of fused-ring (bicyclic) bond motifs is 3. The lowest BCUT2D eigenvalue weighted by Gasteiger charge is -2.44. The number of methoxy groups -OCH3 is 1. The first kappa shape index (κ1) is 20.1. The molecular weight excluding hydrogens is 410 g/mol. The van der Waals surface area contributed by atoms with Crippen LogP contribution in [0.1, 0.15) is 49.5 Å². The van der Waals surface area contributed by atoms with Crippen LogP contribution < -0.4 is 15.0 Å². The molecule has 0 saturated heterocycles. The predicted octanol–water partition coefficient (Wildman–Crippen LogP) is 4.58. The smallest absolute Gasteiger partial charge is 0.275 e. The van der Waals surface area contributed by atoms with E-state index in [4.69, 9.17) is 4.74 Å². The molecule has 0 unspecified atom stereocenters. The number of hydrogen-bond acceptors (Lipinski definition) is 4. The van der Waals surface area contributed by atoms with Gasteiger partial charge in [0.2, 0.25) is 5.91 Å². The van der Waals surface area contributed by atoms with Crippen LogP contribution in [0, 0.1) is 0 Å². The van der Waals surface area contributed by atoms with Gasteiger partial charge in [0.15, 0.2) is 0 Å². The summed E-state index contributed by atoms with van der Waals surface area (Å²) in [4.78, 5) is 29.2. The van der Waals surface area contributed by atoms with Gasteiger partial charge in [-0.1, -0.05) is 25.3 Å². The maximum absolute atomic E-state index is 13.8. The molecule has 0 spiro atoms. The zero-order valence-electron chi connectivity index (χ0n) is 17.9. The summed E-state index contributed by atoms with van der Waals surface area (Å²) in [5, 5.41) is 5.29. The number of nitrogens with zero attached hydrogens (tertiary/aromatic N) is 2. The Hall–Kier alpha value is -2.80. The summed E-state index contributed by atoms with van der Waals surface area (Å²) >= 11 is 1.61. The normalized spacial score (nSPS) is 21.9. The highest BCUT2D eigenvalue weighted by atomic mass is 32.1. The molecule has 3 aromatic rings. The van der Waals surface area contributed by atoms with E-state index in [2.05, 4.69) is 5.32 Å². The van der Waals surface area contributed by atoms with E-state index >= 15 is 0 Å². The molecule has 1 aliphatic heterocycles. The fourth-order valence-electron chi connectivity index (χ4n) is 4.95. The zero-order valence-corrected chi connectivity index (χ0v) is 18.7. The van der Waals surface area contributed by atoms with Gasteiger partial charge in [-0.05, 0) is 49.4 Å². The summed E-state index contributed by atoms with van der Waals surface area (Å²) in [6, 6.07) is 11.5. The Balaban J connectivity index is 1.60. The van der Waals surface area contributed by atoms with Gasteiger partial charge in [0, 0.05) is 17.8 Å². The van der Waals surface area contributed by atoms with Crippen LogP contribution in [-0.2, 0) is 11.3 Å². The minimum atomic E-state index is -1.05. The third-order valence-electron chi connectivity index (χ3n) is 6.65. The standard InChI is InChI=1S/C24H27N3O3S/c1-24(23(29)25-16-7-4-3-5-8-16)15-26-19-11-12-31-21(19)14-20(26)22(28)27(24)17-9-6-10-18(13-17)30-2/h6,9-14,16H,3-5,7-8,15H2,1-2H3,(H,25,29)/t24-/m0/s1. The van der Waals surface area contributed by atoms with Crippen molar-refractivity contribution in [1.29, 1.82) is 0 Å². The summed E-state index contributed by atoms with van der Waals surface area (Å²) in [5.41, 5.74) is 1.24. The van der Waals surface area contributed by atoms with E-state index in [0.717, 1.165) is 35.9 Å². The van der Waals surface area contributed by atoms with Gasteiger partial charge in [0.1, 0.15) is 17.0 Å². The largest absolute Gasteiger partial charge is 0.497 e. The second-order valence-corrected chi connectivity index (χ2v) is 9.66. The van der Waals surface area contributed by atoms with E-state index in [9.17, 15) is 9.59 Å². The minimum absolute atomic E-state index is 0.0988. The number of ether oxygens (including phenoxy) is 1. The van der Waals surface area contributed by atoms with Crippen LogP contribution in [0.4, 0.5) is 5.69 Å². The molecule has 1 fully saturated rings. The van der Waals surface area contributed by atoms with Gasteiger partial charge >= 0.3 is 0 Å². The summed E-state index contributed by atoms with van der Waals surface area (Å²) < 4.78 is 8.46. The van der Waals surface area contributed by atoms with Crippen molar-refractivity contribution >= 4 is 39.1 Å². The molecule has 1 aliphatic carbocycles. The molecule has 0 bridgehead atoms. The summed E-state index contributed by atoms with van der Waals surface area (Å²) in [5.74, 6) is 0.393. The van der Waals surface area contributed by atoms with Crippen molar-refractivity contribution in [3.8, 4) is 5.75 Å². The molecule has 162 valence electrons. The molecule has 2 aromatic heterocycles. The fourth-order valence-corrected chi connectivity index (χ4v) is 5.78. The van der Waals surface area contributed by atoms with E-state index in [1.807, 2.05) is 53.3 Å². The van der Waals surface area contributed by atoms with Gasteiger partial charge in [0.25, 0.3) is 5.91 Å². The molecule has 1 saturated carbocycles. The zero-order chi connectivity index (χ0) is 21.6. The van der Waals surface area contributed by atoms with Gasteiger partial charge in [-0.2, -0.15) is 0 Å². The quantitative estimate of drug-likeness (QED) is 0.650. The lowest BCUT2D eigenvalue weighted by molar-refractivity contribution is -0.127. The second kappa shape index (κ2) is 7.71. The number of benzene rings is 1. The Labute approximate surface area is 185 Å². The molecule has 7 heteroatoms. The first-order chi connectivity index (χ1) is 15.0. The molecule has 3 heterocycles. The lowest BCUT2D eigenvalue weighted by atomic mass is 9.91. The van der Waals surface area contributed by atoms with E-state index in [0.29, 0.717) is 23.7 Å². The van der Waals surface area contributed by atoms with Crippen molar-refractivity contribution in [3.05, 3.63) is 47.5 Å². The molecule has 1 N–H and O–H groups in total. The molecule has 1 atom stereocenters. The van der Waals surface area contributed by atoms with Crippen LogP contribution in [0.5, 0.6) is 5.75 Å². The number of rotatable bonds is 4. The van der Waals surface area contributed by atoms with Crippen LogP contribution >= 0.6 is 11.3 Å². The van der Waals surface area contributed by atoms with E-state index in [-0.39, 0.29) is 17.9 Å². The first-order valence-electron chi connectivity index (χ1n) is 10.9. The molecule has 2 amide bonds. The number of anilines is 1. The number of amides is 2. The molecule has 31 heavy (non-hydrogen) atoms. The third kappa shape index (κ3) is 3.31. The highest BCUT2D eigenvalue weighted by Gasteiger charge is 2.49. The Bertz CT molecular complexity index is 1140. The molecular formula is C24H27N3O3S. The Morgan fingerprint density at radius 3 is 2.77 bits per heavy atom. The average molecular weight is 438 g/mol. The first-order valence-corrected chi connectivity index (χ1v) is 11.8. The Morgan fingerprint density at radius 2 is 2.00 bits per heavy atom. The molecule has 5 rings (SSSR count). The number of hydrogen-bond donors (Lipinski definition) is 1. The van der Waals surface area contributed by atoms with Crippen LogP contribution in [0.3, 0.4) is 0 Å². The van der Waals surface area contributed by atoms with Gasteiger partial charge < -0.3 is 14.6 Å². The Kier molecular flexibility index (Phi) is 5.01. The monoisotopic (exact) mass is 437 g/mol. The Morgan fingerprint density at radius 1 is 1.19 bits per heavy atom. The van der Waals surface area contributed by atoms with E-state index in [1.165, 1.54) is 6.42 Å². The van der Waals surface area contributed by atoms with Crippen LogP contribution in [-0.4, -0.2) is 35.1 Å². The maximum atomic E-state index is 13.8. The van der Waals surface area contributed by atoms with Crippen molar-refractivity contribution in [2.45, 2.75) is 57.2 Å². The van der Waals surface area contributed by atoms with Gasteiger partial charge in [-0.3, -0.25) is 14.5 Å². The SMILES string of the molecule is COc1cccc(N2C(=O)c3cc4sccc4n3C[C@@]2(C)C(=O)NC2CCCCC2)c1. The maximum Gasteiger partial charge on any atom is 0.275 e. The minimum Gasteiger partial charge on any atom is -0.497 e. The predicted molar refractivity (Wildman–Crippen MR) is 123 cm³/mol. The van der Waals surface area contributed by atoms with E-state index in [1.54, 1.807) is 23.3 Å². The lowest BCUT2D eigenvalue weighted by Crippen LogP contribution is -2.65. The fraction of sp³-hybridized carbons (Fsp3) is 0.417. The van der Waals surface area contributed by atoms with Crippen molar-refractivity contribution in [3.63, 3.8) is 0 Å². The van der Waals surface area contributed by atoms with Crippen molar-refractivity contribution in [2.24, 2.45) is 0 Å². The summed E-state index contributed by atoms with van der Waals surface area (Å²) in [6.45, 7) is 2.29. The van der Waals surface area contributed by atoms with Crippen molar-refractivity contribution in [1.82, 2.24) is 9.88 Å². The number of thiophene rings is 1. The topological polar surface area (TPSA) is 63.6 Å². The highest BCUT2D eigenvalue weighted by Crippen LogP contribution is 2.38. The van der Waals surface area contributed by atoms with Gasteiger partial charge in [-0.25, -0.2) is 0 Å². The average Bonchev–Trinajstić information content (AvgIpc) is 3.37. The van der Waals surface area contributed by atoms with Crippen LogP contribution in [0.25, 0.3) is 10.2 Å². The van der Waals surface area contributed by atoms with E-state index < -0.39 is 5.54 Å². The molecule has 6 nitrogen and oxygen atoms in total. The molecule has 1 aromatic carbocycles. The molecule has 2 aliphatic rings. The summed E-state index contributed by atoms with van der Waals surface area (Å²) in [6.07, 6.45) is 5.49. The number of nitrogens with one attached hydrogen (secondary N) is 1. The molecule has 0 radical (unpaired) electrons.